The monoisotopic (exact) mass is 470 g/mol. The van der Waals surface area contributed by atoms with Crippen LogP contribution in [0.1, 0.15) is 28.6 Å². The molecule has 3 amide bonds. The zero-order valence-corrected chi connectivity index (χ0v) is 18.9. The third-order valence-electron chi connectivity index (χ3n) is 4.49. The van der Waals surface area contributed by atoms with E-state index < -0.39 is 11.1 Å². The van der Waals surface area contributed by atoms with Crippen molar-refractivity contribution in [1.82, 2.24) is 10.5 Å². The lowest BCUT2D eigenvalue weighted by Crippen LogP contribution is -2.28. The highest BCUT2D eigenvalue weighted by atomic mass is 32.2. The van der Waals surface area contributed by atoms with Gasteiger partial charge in [-0.25, -0.2) is 4.39 Å². The van der Waals surface area contributed by atoms with Gasteiger partial charge in [0.2, 0.25) is 11.8 Å². The fourth-order valence-corrected chi connectivity index (χ4v) is 3.46. The summed E-state index contributed by atoms with van der Waals surface area (Å²) in [6.07, 6.45) is 0. The fourth-order valence-electron chi connectivity index (χ4n) is 2.74. The Labute approximate surface area is 194 Å². The molecule has 1 atom stereocenters. The summed E-state index contributed by atoms with van der Waals surface area (Å²) in [6.45, 7) is 3.69. The number of aromatic nitrogens is 1. The van der Waals surface area contributed by atoms with E-state index in [2.05, 4.69) is 21.1 Å². The molecule has 3 N–H and O–H groups in total. The highest BCUT2D eigenvalue weighted by Gasteiger charge is 2.17. The van der Waals surface area contributed by atoms with Gasteiger partial charge in [-0.3, -0.25) is 14.4 Å². The van der Waals surface area contributed by atoms with Crippen molar-refractivity contribution in [3.8, 4) is 0 Å². The van der Waals surface area contributed by atoms with E-state index in [0.717, 1.165) is 5.56 Å². The summed E-state index contributed by atoms with van der Waals surface area (Å²) >= 11 is 1.20. The Hall–Kier alpha value is -3.66. The predicted molar refractivity (Wildman–Crippen MR) is 124 cm³/mol. The number of halogens is 1. The molecule has 1 unspecified atom stereocenters. The van der Waals surface area contributed by atoms with Crippen LogP contribution in [0, 0.1) is 12.7 Å². The molecule has 0 aliphatic carbocycles. The minimum atomic E-state index is -0.460. The lowest BCUT2D eigenvalue weighted by atomic mass is 10.1. The topological polar surface area (TPSA) is 113 Å². The normalized spacial score (nSPS) is 11.5. The first-order chi connectivity index (χ1) is 15.8. The smallest absolute Gasteiger partial charge is 0.255 e. The van der Waals surface area contributed by atoms with Crippen LogP contribution in [-0.4, -0.2) is 33.9 Å². The van der Waals surface area contributed by atoms with Gasteiger partial charge in [-0.05, 0) is 55.8 Å². The molecule has 2 aromatic carbocycles. The van der Waals surface area contributed by atoms with E-state index in [9.17, 15) is 18.8 Å². The van der Waals surface area contributed by atoms with Crippen LogP contribution < -0.4 is 16.0 Å². The lowest BCUT2D eigenvalue weighted by Gasteiger charge is -2.11. The standard InChI is InChI=1S/C23H23FN4O4S/c1-14-10-20(28-32-14)27-22(30)15(2)33-13-21(29)25-12-16-4-3-5-19(11-16)26-23(31)17-6-8-18(24)9-7-17/h3-11,15H,12-13H2,1-2H3,(H,25,29)(H,26,31)(H,27,28,30). The first-order valence-electron chi connectivity index (χ1n) is 10.1. The van der Waals surface area contributed by atoms with Crippen molar-refractivity contribution in [2.75, 3.05) is 16.4 Å². The fraction of sp³-hybridized carbons (Fsp3) is 0.217. The summed E-state index contributed by atoms with van der Waals surface area (Å²) < 4.78 is 17.9. The van der Waals surface area contributed by atoms with Gasteiger partial charge < -0.3 is 20.5 Å². The molecular weight excluding hydrogens is 447 g/mol. The average Bonchev–Trinajstić information content (AvgIpc) is 3.21. The van der Waals surface area contributed by atoms with Crippen LogP contribution in [0.4, 0.5) is 15.9 Å². The second-order valence-electron chi connectivity index (χ2n) is 7.20. The summed E-state index contributed by atoms with van der Waals surface area (Å²) in [6, 6.07) is 13.9. The second-order valence-corrected chi connectivity index (χ2v) is 8.53. The summed E-state index contributed by atoms with van der Waals surface area (Å²) in [5.41, 5.74) is 1.68. The average molecular weight is 471 g/mol. The molecule has 0 fully saturated rings. The maximum atomic E-state index is 13.0. The lowest BCUT2D eigenvalue weighted by molar-refractivity contribution is -0.118. The molecule has 33 heavy (non-hydrogen) atoms. The number of thioether (sulfide) groups is 1. The zero-order chi connectivity index (χ0) is 23.8. The van der Waals surface area contributed by atoms with Gasteiger partial charge in [0.25, 0.3) is 5.91 Å². The largest absolute Gasteiger partial charge is 0.360 e. The Balaban J connectivity index is 1.43. The van der Waals surface area contributed by atoms with E-state index in [1.807, 2.05) is 6.07 Å². The van der Waals surface area contributed by atoms with Gasteiger partial charge in [0.1, 0.15) is 11.6 Å². The number of nitrogens with one attached hydrogen (secondary N) is 3. The van der Waals surface area contributed by atoms with Crippen molar-refractivity contribution in [2.24, 2.45) is 0 Å². The number of anilines is 2. The van der Waals surface area contributed by atoms with Crippen molar-refractivity contribution in [2.45, 2.75) is 25.6 Å². The summed E-state index contributed by atoms with van der Waals surface area (Å²) in [5.74, 6) is -0.246. The van der Waals surface area contributed by atoms with E-state index in [0.29, 0.717) is 22.8 Å². The molecule has 3 rings (SSSR count). The van der Waals surface area contributed by atoms with E-state index in [4.69, 9.17) is 4.52 Å². The van der Waals surface area contributed by atoms with E-state index in [-0.39, 0.29) is 30.0 Å². The van der Waals surface area contributed by atoms with Gasteiger partial charge in [-0.2, -0.15) is 0 Å². The van der Waals surface area contributed by atoms with Gasteiger partial charge in [-0.1, -0.05) is 17.3 Å². The molecule has 10 heteroatoms. The number of benzene rings is 2. The second kappa shape index (κ2) is 11.3. The number of rotatable bonds is 9. The number of carbonyl (C=O) groups is 3. The van der Waals surface area contributed by atoms with Crippen LogP contribution >= 0.6 is 11.8 Å². The summed E-state index contributed by atoms with van der Waals surface area (Å²) in [7, 11) is 0. The Morgan fingerprint density at radius 1 is 1.09 bits per heavy atom. The molecule has 0 aliphatic heterocycles. The number of amides is 3. The van der Waals surface area contributed by atoms with Gasteiger partial charge in [0.15, 0.2) is 5.82 Å². The molecule has 3 aromatic rings. The molecule has 0 saturated heterocycles. The van der Waals surface area contributed by atoms with E-state index in [1.54, 1.807) is 38.1 Å². The minimum absolute atomic E-state index is 0.105. The predicted octanol–water partition coefficient (Wildman–Crippen LogP) is 3.75. The van der Waals surface area contributed by atoms with Crippen molar-refractivity contribution in [3.63, 3.8) is 0 Å². The number of hydrogen-bond acceptors (Lipinski definition) is 6. The molecule has 1 heterocycles. The van der Waals surface area contributed by atoms with Crippen molar-refractivity contribution >= 4 is 41.0 Å². The van der Waals surface area contributed by atoms with Gasteiger partial charge in [-0.15, -0.1) is 11.8 Å². The summed E-state index contributed by atoms with van der Waals surface area (Å²) in [5, 5.41) is 11.4. The van der Waals surface area contributed by atoms with Crippen LogP contribution in [0.2, 0.25) is 0 Å². The van der Waals surface area contributed by atoms with Gasteiger partial charge in [0, 0.05) is 23.9 Å². The number of aryl methyl sites for hydroxylation is 1. The van der Waals surface area contributed by atoms with Gasteiger partial charge in [0.05, 0.1) is 11.0 Å². The van der Waals surface area contributed by atoms with E-state index >= 15 is 0 Å². The molecule has 1 aromatic heterocycles. The van der Waals surface area contributed by atoms with Crippen LogP contribution in [0.25, 0.3) is 0 Å². The van der Waals surface area contributed by atoms with Gasteiger partial charge >= 0.3 is 0 Å². The highest BCUT2D eigenvalue weighted by molar-refractivity contribution is 8.01. The minimum Gasteiger partial charge on any atom is -0.360 e. The third-order valence-corrected chi connectivity index (χ3v) is 5.64. The van der Waals surface area contributed by atoms with E-state index in [1.165, 1.54) is 36.0 Å². The molecule has 0 spiro atoms. The molecule has 0 aliphatic rings. The van der Waals surface area contributed by atoms with Crippen molar-refractivity contribution in [3.05, 3.63) is 77.3 Å². The summed E-state index contributed by atoms with van der Waals surface area (Å²) in [4.78, 5) is 36.6. The molecular formula is C23H23FN4O4S. The molecule has 0 radical (unpaired) electrons. The number of nitrogens with zero attached hydrogens (tertiary/aromatic N) is 1. The van der Waals surface area contributed by atoms with Crippen LogP contribution in [0.5, 0.6) is 0 Å². The van der Waals surface area contributed by atoms with Crippen LogP contribution in [0.3, 0.4) is 0 Å². The number of carbonyl (C=O) groups excluding carboxylic acids is 3. The Morgan fingerprint density at radius 2 is 1.85 bits per heavy atom. The molecule has 0 saturated carbocycles. The Bertz CT molecular complexity index is 1130. The zero-order valence-electron chi connectivity index (χ0n) is 18.1. The van der Waals surface area contributed by atoms with Crippen molar-refractivity contribution in [1.29, 1.82) is 0 Å². The highest BCUT2D eigenvalue weighted by Crippen LogP contribution is 2.15. The first-order valence-corrected chi connectivity index (χ1v) is 11.1. The molecule has 0 bridgehead atoms. The molecule has 172 valence electrons. The third kappa shape index (κ3) is 7.46. The maximum absolute atomic E-state index is 13.0. The van der Waals surface area contributed by atoms with Crippen molar-refractivity contribution < 1.29 is 23.3 Å². The SMILES string of the molecule is Cc1cc(NC(=O)C(C)SCC(=O)NCc2cccc(NC(=O)c3ccc(F)cc3)c2)no1. The van der Waals surface area contributed by atoms with Crippen LogP contribution in [-0.2, 0) is 16.1 Å². The maximum Gasteiger partial charge on any atom is 0.255 e. The quantitative estimate of drug-likeness (QED) is 0.439. The Morgan fingerprint density at radius 3 is 2.55 bits per heavy atom. The van der Waals surface area contributed by atoms with Crippen LogP contribution in [0.15, 0.2) is 59.1 Å². The first kappa shape index (κ1) is 24.0. The number of hydrogen-bond donors (Lipinski definition) is 3. The Kier molecular flexibility index (Phi) is 8.20. The molecule has 8 nitrogen and oxygen atoms in total.